The maximum Gasteiger partial charge on any atom is 0.344 e. The van der Waals surface area contributed by atoms with Gasteiger partial charge in [0.15, 0.2) is 0 Å². The molecule has 1 atom stereocenters. The third kappa shape index (κ3) is 3.67. The summed E-state index contributed by atoms with van der Waals surface area (Å²) in [6.07, 6.45) is 0. The van der Waals surface area contributed by atoms with E-state index in [-0.39, 0.29) is 11.5 Å². The van der Waals surface area contributed by atoms with Crippen molar-refractivity contribution >= 4 is 28.3 Å². The molecule has 0 aliphatic carbocycles. The largest absolute Gasteiger partial charge is 0.440 e. The van der Waals surface area contributed by atoms with Crippen molar-refractivity contribution in [3.63, 3.8) is 0 Å². The van der Waals surface area contributed by atoms with E-state index in [2.05, 4.69) is 6.07 Å². The predicted octanol–water partition coefficient (Wildman–Crippen LogP) is 5.93. The van der Waals surface area contributed by atoms with E-state index < -0.39 is 11.9 Å². The summed E-state index contributed by atoms with van der Waals surface area (Å²) in [5, 5.41) is 12.0. The SMILES string of the molecule is N#CC1=C(N)Oc2cc(OC(=O)c3cccc4ccccc34)ccc2C1c1ccccc1Cl. The van der Waals surface area contributed by atoms with Crippen molar-refractivity contribution in [2.75, 3.05) is 0 Å². The summed E-state index contributed by atoms with van der Waals surface area (Å²) in [5.41, 5.74) is 8.26. The van der Waals surface area contributed by atoms with Crippen LogP contribution in [0.25, 0.3) is 10.8 Å². The van der Waals surface area contributed by atoms with Gasteiger partial charge in [-0.15, -0.1) is 0 Å². The van der Waals surface area contributed by atoms with Crippen molar-refractivity contribution < 1.29 is 14.3 Å². The van der Waals surface area contributed by atoms with E-state index in [1.165, 1.54) is 0 Å². The minimum absolute atomic E-state index is 0.00699. The zero-order chi connectivity index (χ0) is 22.9. The molecule has 0 spiro atoms. The van der Waals surface area contributed by atoms with Gasteiger partial charge < -0.3 is 15.2 Å². The summed E-state index contributed by atoms with van der Waals surface area (Å²) in [4.78, 5) is 12.9. The number of benzene rings is 4. The highest BCUT2D eigenvalue weighted by molar-refractivity contribution is 6.31. The van der Waals surface area contributed by atoms with E-state index in [0.717, 1.165) is 16.3 Å². The monoisotopic (exact) mass is 452 g/mol. The van der Waals surface area contributed by atoms with Crippen molar-refractivity contribution in [1.29, 1.82) is 5.26 Å². The van der Waals surface area contributed by atoms with E-state index in [1.54, 1.807) is 30.3 Å². The van der Waals surface area contributed by atoms with Crippen LogP contribution >= 0.6 is 11.6 Å². The highest BCUT2D eigenvalue weighted by Crippen LogP contribution is 2.45. The van der Waals surface area contributed by atoms with Crippen LogP contribution in [0.4, 0.5) is 0 Å². The second-order valence-electron chi connectivity index (χ2n) is 7.56. The Hall–Kier alpha value is -4.27. The fraction of sp³-hybridized carbons (Fsp3) is 0.0370. The van der Waals surface area contributed by atoms with Crippen LogP contribution in [0.2, 0.25) is 5.02 Å². The van der Waals surface area contributed by atoms with E-state index in [0.29, 0.717) is 27.6 Å². The maximum atomic E-state index is 12.9. The fourth-order valence-corrected chi connectivity index (χ4v) is 4.34. The Morgan fingerprint density at radius 1 is 0.970 bits per heavy atom. The molecule has 160 valence electrons. The van der Waals surface area contributed by atoms with Crippen LogP contribution in [-0.2, 0) is 0 Å². The van der Waals surface area contributed by atoms with Crippen LogP contribution in [-0.4, -0.2) is 5.97 Å². The summed E-state index contributed by atoms with van der Waals surface area (Å²) in [7, 11) is 0. The Balaban J connectivity index is 1.52. The molecule has 5 rings (SSSR count). The lowest BCUT2D eigenvalue weighted by molar-refractivity contribution is 0.0736. The van der Waals surface area contributed by atoms with Crippen molar-refractivity contribution in [3.05, 3.63) is 118 Å². The molecule has 0 aromatic heterocycles. The number of nitriles is 1. The molecule has 6 heteroatoms. The molecule has 0 bridgehead atoms. The van der Waals surface area contributed by atoms with Crippen LogP contribution < -0.4 is 15.2 Å². The summed E-state index contributed by atoms with van der Waals surface area (Å²) < 4.78 is 11.4. The topological polar surface area (TPSA) is 85.3 Å². The maximum absolute atomic E-state index is 12.9. The van der Waals surface area contributed by atoms with Gasteiger partial charge in [-0.05, 0) is 34.5 Å². The Bertz CT molecular complexity index is 1480. The highest BCUT2D eigenvalue weighted by Gasteiger charge is 2.32. The number of halogens is 1. The van der Waals surface area contributed by atoms with Crippen LogP contribution in [0.1, 0.15) is 27.4 Å². The summed E-state index contributed by atoms with van der Waals surface area (Å²) in [6, 6.07) is 27.6. The molecule has 33 heavy (non-hydrogen) atoms. The van der Waals surface area contributed by atoms with E-state index in [9.17, 15) is 10.1 Å². The lowest BCUT2D eigenvalue weighted by Gasteiger charge is -2.27. The molecule has 0 fully saturated rings. The lowest BCUT2D eigenvalue weighted by Crippen LogP contribution is -2.21. The van der Waals surface area contributed by atoms with Gasteiger partial charge in [-0.1, -0.05) is 72.3 Å². The summed E-state index contributed by atoms with van der Waals surface area (Å²) >= 11 is 6.43. The molecular formula is C27H17ClN2O3. The fourth-order valence-electron chi connectivity index (χ4n) is 4.09. The molecule has 2 N–H and O–H groups in total. The Kier molecular flexibility index (Phi) is 5.21. The van der Waals surface area contributed by atoms with E-state index in [1.807, 2.05) is 54.6 Å². The van der Waals surface area contributed by atoms with Gasteiger partial charge >= 0.3 is 5.97 Å². The van der Waals surface area contributed by atoms with Crippen LogP contribution in [0, 0.1) is 11.3 Å². The smallest absolute Gasteiger partial charge is 0.344 e. The summed E-state index contributed by atoms with van der Waals surface area (Å²) in [5.74, 6) is -0.272. The molecular weight excluding hydrogens is 436 g/mol. The zero-order valence-corrected chi connectivity index (χ0v) is 18.0. The Morgan fingerprint density at radius 2 is 1.73 bits per heavy atom. The zero-order valence-electron chi connectivity index (χ0n) is 17.3. The second kappa shape index (κ2) is 8.34. The number of hydrogen-bond donors (Lipinski definition) is 1. The first-order valence-electron chi connectivity index (χ1n) is 10.2. The number of carbonyl (C=O) groups excluding carboxylic acids is 1. The van der Waals surface area contributed by atoms with Crippen molar-refractivity contribution in [3.8, 4) is 17.6 Å². The summed E-state index contributed by atoms with van der Waals surface area (Å²) in [6.45, 7) is 0. The molecule has 1 unspecified atom stereocenters. The normalized spacial score (nSPS) is 14.8. The number of fused-ring (bicyclic) bond motifs is 2. The lowest BCUT2D eigenvalue weighted by atomic mass is 9.83. The van der Waals surface area contributed by atoms with Crippen molar-refractivity contribution in [2.45, 2.75) is 5.92 Å². The molecule has 1 aliphatic heterocycles. The molecule has 4 aromatic rings. The molecule has 0 amide bonds. The van der Waals surface area contributed by atoms with Crippen molar-refractivity contribution in [1.82, 2.24) is 0 Å². The molecule has 0 radical (unpaired) electrons. The minimum Gasteiger partial charge on any atom is -0.440 e. The first kappa shape index (κ1) is 20.6. The van der Waals surface area contributed by atoms with E-state index >= 15 is 0 Å². The first-order chi connectivity index (χ1) is 16.1. The average Bonchev–Trinajstić information content (AvgIpc) is 2.83. The van der Waals surface area contributed by atoms with Crippen LogP contribution in [0.5, 0.6) is 11.5 Å². The van der Waals surface area contributed by atoms with Crippen molar-refractivity contribution in [2.24, 2.45) is 5.73 Å². The van der Waals surface area contributed by atoms with Gasteiger partial charge in [0.05, 0.1) is 11.5 Å². The third-order valence-corrected chi connectivity index (χ3v) is 5.97. The van der Waals surface area contributed by atoms with Crippen LogP contribution in [0.15, 0.2) is 96.4 Å². The second-order valence-corrected chi connectivity index (χ2v) is 7.97. The van der Waals surface area contributed by atoms with E-state index in [4.69, 9.17) is 26.8 Å². The Labute approximate surface area is 195 Å². The number of hydrogen-bond acceptors (Lipinski definition) is 5. The molecule has 1 aliphatic rings. The molecule has 1 heterocycles. The standard InChI is InChI=1S/C27H17ClN2O3/c28-23-11-4-3-9-20(23)25-21-13-12-17(14-24(21)33-26(30)22(25)15-29)32-27(31)19-10-5-7-16-6-1-2-8-18(16)19/h1-14,25H,30H2. The van der Waals surface area contributed by atoms with Gasteiger partial charge in [-0.3, -0.25) is 0 Å². The minimum atomic E-state index is -0.490. The van der Waals surface area contributed by atoms with Gasteiger partial charge in [0.25, 0.3) is 0 Å². The number of allylic oxidation sites excluding steroid dienone is 1. The Morgan fingerprint density at radius 3 is 2.55 bits per heavy atom. The molecule has 0 saturated heterocycles. The number of carbonyl (C=O) groups is 1. The van der Waals surface area contributed by atoms with Gasteiger partial charge in [0, 0.05) is 16.7 Å². The first-order valence-corrected chi connectivity index (χ1v) is 10.6. The van der Waals surface area contributed by atoms with Gasteiger partial charge in [-0.25, -0.2) is 4.79 Å². The number of ether oxygens (including phenoxy) is 2. The molecule has 0 saturated carbocycles. The quantitative estimate of drug-likeness (QED) is 0.307. The number of rotatable bonds is 3. The van der Waals surface area contributed by atoms with Gasteiger partial charge in [0.2, 0.25) is 5.88 Å². The number of nitrogens with zero attached hydrogens (tertiary/aromatic N) is 1. The van der Waals surface area contributed by atoms with Gasteiger partial charge in [0.1, 0.15) is 23.1 Å². The third-order valence-electron chi connectivity index (χ3n) is 5.63. The number of esters is 1. The molecule has 5 nitrogen and oxygen atoms in total. The molecule has 4 aromatic carbocycles. The highest BCUT2D eigenvalue weighted by atomic mass is 35.5. The van der Waals surface area contributed by atoms with Crippen LogP contribution in [0.3, 0.4) is 0 Å². The predicted molar refractivity (Wildman–Crippen MR) is 126 cm³/mol. The average molecular weight is 453 g/mol. The van der Waals surface area contributed by atoms with Gasteiger partial charge in [-0.2, -0.15) is 5.26 Å². The number of nitrogens with two attached hydrogens (primary N) is 1.